The molecule has 7 nitrogen and oxygen atoms in total. The summed E-state index contributed by atoms with van der Waals surface area (Å²) in [5.74, 6) is 2.18. The zero-order chi connectivity index (χ0) is 17.2. The van der Waals surface area contributed by atoms with Gasteiger partial charge in [0, 0.05) is 32.0 Å². The molecule has 3 aromatic rings. The van der Waals surface area contributed by atoms with Crippen LogP contribution in [0, 0.1) is 12.8 Å². The van der Waals surface area contributed by atoms with E-state index in [1.807, 2.05) is 25.1 Å². The maximum Gasteiger partial charge on any atom is 0.226 e. The number of piperidine rings is 1. The van der Waals surface area contributed by atoms with E-state index in [-0.39, 0.29) is 12.5 Å². The Morgan fingerprint density at radius 1 is 1.36 bits per heavy atom. The number of hydrogen-bond acceptors (Lipinski definition) is 7. The molecule has 1 fully saturated rings. The number of aromatic nitrogens is 3. The Labute approximate surface area is 145 Å². The quantitative estimate of drug-likeness (QED) is 0.781. The lowest BCUT2D eigenvalue weighted by Gasteiger charge is -2.32. The van der Waals surface area contributed by atoms with Crippen molar-refractivity contribution >= 4 is 5.95 Å². The average Bonchev–Trinajstić information content (AvgIpc) is 3.33. The van der Waals surface area contributed by atoms with E-state index in [4.69, 9.17) is 13.9 Å². The van der Waals surface area contributed by atoms with Crippen LogP contribution in [-0.2, 0) is 0 Å². The summed E-state index contributed by atoms with van der Waals surface area (Å²) in [6.45, 7) is 3.71. The van der Waals surface area contributed by atoms with Gasteiger partial charge in [0.1, 0.15) is 5.69 Å². The van der Waals surface area contributed by atoms with Gasteiger partial charge in [0.15, 0.2) is 11.5 Å². The molecule has 1 saturated heterocycles. The van der Waals surface area contributed by atoms with Gasteiger partial charge in [-0.3, -0.25) is 0 Å². The van der Waals surface area contributed by atoms with Crippen molar-refractivity contribution in [1.82, 2.24) is 15.1 Å². The smallest absolute Gasteiger partial charge is 0.226 e. The Morgan fingerprint density at radius 3 is 3.00 bits per heavy atom. The van der Waals surface area contributed by atoms with E-state index in [9.17, 15) is 5.11 Å². The van der Waals surface area contributed by atoms with Gasteiger partial charge < -0.3 is 18.9 Å². The summed E-state index contributed by atoms with van der Waals surface area (Å²) < 4.78 is 11.0. The Hall–Kier alpha value is -2.67. The van der Waals surface area contributed by atoms with Crippen molar-refractivity contribution in [2.75, 3.05) is 24.6 Å². The van der Waals surface area contributed by atoms with Crippen LogP contribution in [0.25, 0.3) is 22.8 Å². The molecule has 4 heterocycles. The second kappa shape index (κ2) is 6.68. The minimum Gasteiger partial charge on any atom is -0.463 e. The van der Waals surface area contributed by atoms with Crippen molar-refractivity contribution < 1.29 is 14.0 Å². The van der Waals surface area contributed by atoms with Gasteiger partial charge in [0.25, 0.3) is 0 Å². The highest BCUT2D eigenvalue weighted by molar-refractivity contribution is 5.75. The topological polar surface area (TPSA) is 88.4 Å². The fraction of sp³-hybridized carbons (Fsp3) is 0.389. The van der Waals surface area contributed by atoms with Gasteiger partial charge in [-0.2, -0.15) is 0 Å². The Balaban J connectivity index is 1.75. The van der Waals surface area contributed by atoms with E-state index >= 15 is 0 Å². The van der Waals surface area contributed by atoms with Crippen LogP contribution in [0.5, 0.6) is 0 Å². The second-order valence-electron chi connectivity index (χ2n) is 6.38. The maximum absolute atomic E-state index is 9.45. The first-order valence-electron chi connectivity index (χ1n) is 8.45. The molecule has 1 atom stereocenters. The molecular weight excluding hydrogens is 320 g/mol. The number of rotatable bonds is 4. The zero-order valence-corrected chi connectivity index (χ0v) is 14.1. The molecule has 1 N–H and O–H groups in total. The number of anilines is 1. The number of aryl methyl sites for hydroxylation is 1. The van der Waals surface area contributed by atoms with Crippen LogP contribution >= 0.6 is 0 Å². The van der Waals surface area contributed by atoms with E-state index in [1.54, 1.807) is 12.5 Å². The van der Waals surface area contributed by atoms with Crippen molar-refractivity contribution in [3.8, 4) is 22.8 Å². The highest BCUT2D eigenvalue weighted by Gasteiger charge is 2.24. The lowest BCUT2D eigenvalue weighted by atomic mass is 9.99. The van der Waals surface area contributed by atoms with Crippen molar-refractivity contribution in [1.29, 1.82) is 0 Å². The Morgan fingerprint density at radius 2 is 2.28 bits per heavy atom. The number of hydrogen-bond donors (Lipinski definition) is 1. The molecule has 3 aromatic heterocycles. The van der Waals surface area contributed by atoms with Crippen molar-refractivity contribution in [2.45, 2.75) is 19.8 Å². The average molecular weight is 340 g/mol. The molecule has 1 aliphatic rings. The van der Waals surface area contributed by atoms with Crippen LogP contribution in [0.3, 0.4) is 0 Å². The molecule has 7 heteroatoms. The standard InChI is InChI=1S/C18H20N4O3/c1-12-8-16(25-21-12)14-9-19-18(20-17(14)15-5-3-7-24-15)22-6-2-4-13(10-22)11-23/h3,5,7-9,13,23H,2,4,6,10-11H2,1H3/t13-/m1/s1. The minimum atomic E-state index is 0.191. The third kappa shape index (κ3) is 3.15. The molecule has 130 valence electrons. The number of nitrogens with zero attached hydrogens (tertiary/aromatic N) is 4. The third-order valence-corrected chi connectivity index (χ3v) is 4.48. The second-order valence-corrected chi connectivity index (χ2v) is 6.38. The predicted octanol–water partition coefficient (Wildman–Crippen LogP) is 2.91. The van der Waals surface area contributed by atoms with Gasteiger partial charge >= 0.3 is 0 Å². The molecule has 0 bridgehead atoms. The molecule has 25 heavy (non-hydrogen) atoms. The van der Waals surface area contributed by atoms with Gasteiger partial charge in [-0.05, 0) is 37.8 Å². The summed E-state index contributed by atoms with van der Waals surface area (Å²) in [6.07, 6.45) is 5.43. The van der Waals surface area contributed by atoms with E-state index < -0.39 is 0 Å². The van der Waals surface area contributed by atoms with Gasteiger partial charge in [0.2, 0.25) is 5.95 Å². The van der Waals surface area contributed by atoms with Gasteiger partial charge in [0.05, 0.1) is 17.5 Å². The Kier molecular flexibility index (Phi) is 4.23. The summed E-state index contributed by atoms with van der Waals surface area (Å²) in [4.78, 5) is 11.4. The normalized spacial score (nSPS) is 17.8. The van der Waals surface area contributed by atoms with E-state index in [2.05, 4.69) is 15.0 Å². The van der Waals surface area contributed by atoms with Crippen LogP contribution < -0.4 is 4.90 Å². The lowest BCUT2D eigenvalue weighted by Crippen LogP contribution is -2.37. The van der Waals surface area contributed by atoms with E-state index in [0.717, 1.165) is 37.2 Å². The van der Waals surface area contributed by atoms with Crippen LogP contribution in [0.2, 0.25) is 0 Å². The number of aliphatic hydroxyl groups excluding tert-OH is 1. The zero-order valence-electron chi connectivity index (χ0n) is 14.1. The number of furan rings is 1. The molecule has 0 spiro atoms. The highest BCUT2D eigenvalue weighted by atomic mass is 16.5. The first kappa shape index (κ1) is 15.8. The van der Waals surface area contributed by atoms with Gasteiger partial charge in [-0.1, -0.05) is 5.16 Å². The van der Waals surface area contributed by atoms with Crippen LogP contribution in [-0.4, -0.2) is 39.9 Å². The first-order valence-corrected chi connectivity index (χ1v) is 8.45. The Bertz CT molecular complexity index is 844. The third-order valence-electron chi connectivity index (χ3n) is 4.48. The highest BCUT2D eigenvalue weighted by Crippen LogP contribution is 2.32. The molecular formula is C18H20N4O3. The fourth-order valence-electron chi connectivity index (χ4n) is 3.19. The summed E-state index contributed by atoms with van der Waals surface area (Å²) >= 11 is 0. The molecule has 0 unspecified atom stereocenters. The molecule has 0 amide bonds. The molecule has 4 rings (SSSR count). The SMILES string of the molecule is Cc1cc(-c2cnc(N3CCC[C@@H](CO)C3)nc2-c2ccco2)on1. The van der Waals surface area contributed by atoms with Crippen LogP contribution in [0.4, 0.5) is 5.95 Å². The molecule has 0 radical (unpaired) electrons. The summed E-state index contributed by atoms with van der Waals surface area (Å²) in [7, 11) is 0. The van der Waals surface area contributed by atoms with E-state index in [0.29, 0.717) is 23.2 Å². The van der Waals surface area contributed by atoms with Crippen molar-refractivity contribution in [2.24, 2.45) is 5.92 Å². The summed E-state index contributed by atoms with van der Waals surface area (Å²) in [5, 5.41) is 13.4. The van der Waals surface area contributed by atoms with Gasteiger partial charge in [-0.15, -0.1) is 0 Å². The number of aliphatic hydroxyl groups is 1. The van der Waals surface area contributed by atoms with E-state index in [1.165, 1.54) is 0 Å². The predicted molar refractivity (Wildman–Crippen MR) is 92.0 cm³/mol. The molecule has 0 saturated carbocycles. The summed E-state index contributed by atoms with van der Waals surface area (Å²) in [5.41, 5.74) is 2.22. The van der Waals surface area contributed by atoms with Gasteiger partial charge in [-0.25, -0.2) is 9.97 Å². The van der Waals surface area contributed by atoms with Crippen molar-refractivity contribution in [3.63, 3.8) is 0 Å². The lowest BCUT2D eigenvalue weighted by molar-refractivity contribution is 0.208. The monoisotopic (exact) mass is 340 g/mol. The first-order chi connectivity index (χ1) is 12.2. The molecule has 0 aliphatic carbocycles. The molecule has 0 aromatic carbocycles. The minimum absolute atomic E-state index is 0.191. The fourth-order valence-corrected chi connectivity index (χ4v) is 3.19. The van der Waals surface area contributed by atoms with Crippen LogP contribution in [0.15, 0.2) is 39.6 Å². The molecule has 1 aliphatic heterocycles. The largest absolute Gasteiger partial charge is 0.463 e. The van der Waals surface area contributed by atoms with Crippen molar-refractivity contribution in [3.05, 3.63) is 36.4 Å². The summed E-state index contributed by atoms with van der Waals surface area (Å²) in [6, 6.07) is 5.55. The van der Waals surface area contributed by atoms with Crippen LogP contribution in [0.1, 0.15) is 18.5 Å². The maximum atomic E-state index is 9.45.